The second kappa shape index (κ2) is 8.97. The van der Waals surface area contributed by atoms with E-state index in [0.717, 1.165) is 49.2 Å². The van der Waals surface area contributed by atoms with Gasteiger partial charge in [0.1, 0.15) is 11.3 Å². The molecule has 3 aliphatic rings. The summed E-state index contributed by atoms with van der Waals surface area (Å²) in [6.07, 6.45) is 6.06. The Bertz CT molecular complexity index is 1690. The smallest absolute Gasteiger partial charge is 0.229 e. The van der Waals surface area contributed by atoms with Crippen LogP contribution in [0.1, 0.15) is 18.4 Å². The predicted molar refractivity (Wildman–Crippen MR) is 145 cm³/mol. The van der Waals surface area contributed by atoms with Gasteiger partial charge in [0.2, 0.25) is 5.71 Å². The number of H-pyrrole nitrogens is 1. The summed E-state index contributed by atoms with van der Waals surface area (Å²) >= 11 is 0. The summed E-state index contributed by atoms with van der Waals surface area (Å²) in [4.78, 5) is 22.4. The summed E-state index contributed by atoms with van der Waals surface area (Å²) in [6, 6.07) is 7.06. The third-order valence-electron chi connectivity index (χ3n) is 8.53. The maximum atomic E-state index is 14.6. The summed E-state index contributed by atoms with van der Waals surface area (Å²) < 4.78 is 32.0. The molecular weight excluding hydrogens is 499 g/mol. The quantitative estimate of drug-likeness (QED) is 0.364. The number of anilines is 1. The Kier molecular flexibility index (Phi) is 5.36. The number of morpholine rings is 1. The Labute approximate surface area is 223 Å². The minimum atomic E-state index is -0.339. The average molecular weight is 529 g/mol. The number of ether oxygens (including phenoxy) is 2. The van der Waals surface area contributed by atoms with Crippen molar-refractivity contribution >= 4 is 38.9 Å². The second-order valence-corrected chi connectivity index (χ2v) is 11.1. The van der Waals surface area contributed by atoms with Crippen molar-refractivity contribution in [2.24, 2.45) is 5.41 Å². The van der Waals surface area contributed by atoms with Crippen LogP contribution in [0.3, 0.4) is 0 Å². The Morgan fingerprint density at radius 2 is 1.82 bits per heavy atom. The highest BCUT2D eigenvalue weighted by molar-refractivity contribution is 6.06. The fraction of sp³-hybridized carbons (Fsp3) is 0.414. The van der Waals surface area contributed by atoms with Crippen molar-refractivity contribution in [3.63, 3.8) is 0 Å². The van der Waals surface area contributed by atoms with Crippen LogP contribution in [-0.4, -0.2) is 77.4 Å². The molecular formula is C29H29FN6O3. The topological polar surface area (TPSA) is 92.5 Å². The van der Waals surface area contributed by atoms with E-state index in [1.165, 1.54) is 25.0 Å². The van der Waals surface area contributed by atoms with Crippen LogP contribution < -0.4 is 4.90 Å². The number of halogens is 1. The van der Waals surface area contributed by atoms with Crippen LogP contribution >= 0.6 is 0 Å². The first-order valence-electron chi connectivity index (χ1n) is 13.6. The van der Waals surface area contributed by atoms with Gasteiger partial charge in [0.25, 0.3) is 0 Å². The van der Waals surface area contributed by atoms with Gasteiger partial charge in [-0.05, 0) is 55.8 Å². The fourth-order valence-electron chi connectivity index (χ4n) is 6.19. The van der Waals surface area contributed by atoms with Crippen LogP contribution in [0.5, 0.6) is 0 Å². The number of furan rings is 1. The molecule has 5 aromatic rings. The molecule has 0 aliphatic carbocycles. The number of aromatic amines is 1. The zero-order chi connectivity index (χ0) is 26.0. The Balaban J connectivity index is 1.23. The molecule has 0 unspecified atom stereocenters. The fourth-order valence-corrected chi connectivity index (χ4v) is 6.19. The van der Waals surface area contributed by atoms with E-state index in [0.29, 0.717) is 71.3 Å². The maximum Gasteiger partial charge on any atom is 0.229 e. The number of piperidine rings is 1. The van der Waals surface area contributed by atoms with Crippen LogP contribution in [0.2, 0.25) is 0 Å². The lowest BCUT2D eigenvalue weighted by Crippen LogP contribution is -2.50. The third kappa shape index (κ3) is 3.97. The molecule has 0 saturated carbocycles. The number of likely N-dealkylation sites (tertiary alicyclic amines) is 1. The molecule has 3 aliphatic heterocycles. The van der Waals surface area contributed by atoms with E-state index in [2.05, 4.69) is 20.9 Å². The summed E-state index contributed by atoms with van der Waals surface area (Å²) in [5.74, 6) is 0.814. The Morgan fingerprint density at radius 1 is 0.974 bits per heavy atom. The number of benzene rings is 1. The molecule has 0 radical (unpaired) electrons. The van der Waals surface area contributed by atoms with E-state index in [9.17, 15) is 4.39 Å². The summed E-state index contributed by atoms with van der Waals surface area (Å²) in [5, 5.41) is 1.72. The Hall–Kier alpha value is -3.60. The van der Waals surface area contributed by atoms with Gasteiger partial charge in [0.15, 0.2) is 17.2 Å². The minimum Gasteiger partial charge on any atom is -0.432 e. The predicted octanol–water partition coefficient (Wildman–Crippen LogP) is 4.51. The van der Waals surface area contributed by atoms with Crippen LogP contribution in [0.15, 0.2) is 41.1 Å². The molecule has 4 aromatic heterocycles. The van der Waals surface area contributed by atoms with Gasteiger partial charge >= 0.3 is 0 Å². The van der Waals surface area contributed by atoms with Gasteiger partial charge in [-0.2, -0.15) is 0 Å². The number of rotatable bonds is 4. The molecule has 1 N–H and O–H groups in total. The molecule has 0 atom stereocenters. The molecule has 7 heterocycles. The van der Waals surface area contributed by atoms with E-state index < -0.39 is 0 Å². The highest BCUT2D eigenvalue weighted by Crippen LogP contribution is 2.39. The average Bonchev–Trinajstić information content (AvgIpc) is 3.56. The first-order chi connectivity index (χ1) is 19.1. The number of nitrogens with one attached hydrogen (secondary N) is 1. The van der Waals surface area contributed by atoms with Crippen LogP contribution in [-0.2, 0) is 16.0 Å². The third-order valence-corrected chi connectivity index (χ3v) is 8.53. The lowest BCUT2D eigenvalue weighted by Gasteiger charge is -2.47. The molecule has 200 valence electrons. The number of hydrogen-bond acceptors (Lipinski definition) is 8. The van der Waals surface area contributed by atoms with Gasteiger partial charge in [0.05, 0.1) is 31.8 Å². The summed E-state index contributed by atoms with van der Waals surface area (Å²) in [7, 11) is 0. The minimum absolute atomic E-state index is 0.339. The van der Waals surface area contributed by atoms with Crippen molar-refractivity contribution in [1.29, 1.82) is 0 Å². The van der Waals surface area contributed by atoms with Crippen molar-refractivity contribution in [1.82, 2.24) is 24.8 Å². The first-order valence-corrected chi connectivity index (χ1v) is 13.6. The molecule has 1 spiro atoms. The number of aromatic nitrogens is 4. The molecule has 3 fully saturated rings. The second-order valence-electron chi connectivity index (χ2n) is 11.1. The maximum absolute atomic E-state index is 14.6. The zero-order valence-corrected chi connectivity index (χ0v) is 21.6. The van der Waals surface area contributed by atoms with Crippen molar-refractivity contribution in [3.05, 3.63) is 48.0 Å². The van der Waals surface area contributed by atoms with Gasteiger partial charge in [0, 0.05) is 53.9 Å². The lowest BCUT2D eigenvalue weighted by molar-refractivity contribution is -0.140. The van der Waals surface area contributed by atoms with Crippen molar-refractivity contribution in [2.45, 2.75) is 19.4 Å². The van der Waals surface area contributed by atoms with Gasteiger partial charge in [-0.3, -0.25) is 4.90 Å². The van der Waals surface area contributed by atoms with Crippen molar-refractivity contribution < 1.29 is 18.3 Å². The van der Waals surface area contributed by atoms with Gasteiger partial charge in [-0.1, -0.05) is 0 Å². The summed E-state index contributed by atoms with van der Waals surface area (Å²) in [5.41, 5.74) is 4.71. The van der Waals surface area contributed by atoms with Crippen LogP contribution in [0.25, 0.3) is 44.5 Å². The molecule has 3 saturated heterocycles. The molecule has 9 nitrogen and oxygen atoms in total. The largest absolute Gasteiger partial charge is 0.432 e. The first kappa shape index (κ1) is 23.3. The van der Waals surface area contributed by atoms with E-state index in [1.54, 1.807) is 6.20 Å². The molecule has 0 bridgehead atoms. The number of fused-ring (bicyclic) bond motifs is 4. The van der Waals surface area contributed by atoms with Gasteiger partial charge in [-0.15, -0.1) is 0 Å². The molecule has 10 heteroatoms. The van der Waals surface area contributed by atoms with E-state index in [-0.39, 0.29) is 5.82 Å². The van der Waals surface area contributed by atoms with Gasteiger partial charge < -0.3 is 23.8 Å². The number of pyridine rings is 1. The van der Waals surface area contributed by atoms with E-state index in [1.807, 2.05) is 12.3 Å². The standard InChI is InChI=1S/C29H29FN6O3/c30-19-12-21(20-1-4-31-23(20)13-19)26-33-24-22-11-18(15-35-5-2-29(3-6-35)16-38-17-29)14-32-28(22)39-25(24)27(34-26)36-7-9-37-10-8-36/h1,4,11-14,31H,2-3,5-10,15-17H2. The van der Waals surface area contributed by atoms with Crippen LogP contribution in [0.4, 0.5) is 10.2 Å². The van der Waals surface area contributed by atoms with Crippen molar-refractivity contribution in [3.8, 4) is 11.4 Å². The normalized spacial score (nSPS) is 19.9. The lowest BCUT2D eigenvalue weighted by atomic mass is 9.77. The highest BCUT2D eigenvalue weighted by atomic mass is 19.1. The molecule has 0 amide bonds. The monoisotopic (exact) mass is 528 g/mol. The van der Waals surface area contributed by atoms with E-state index >= 15 is 0 Å². The number of hydrogen-bond donors (Lipinski definition) is 1. The molecule has 39 heavy (non-hydrogen) atoms. The molecule has 8 rings (SSSR count). The SMILES string of the molecule is Fc1cc(-c2nc(N3CCOCC3)c3oc4ncc(CN5CCC6(CC5)COC6)cc4c3n2)c2cc[nH]c2c1. The zero-order valence-electron chi connectivity index (χ0n) is 21.6. The van der Waals surface area contributed by atoms with Crippen molar-refractivity contribution in [2.75, 3.05) is 57.5 Å². The van der Waals surface area contributed by atoms with Crippen LogP contribution in [0, 0.1) is 11.2 Å². The van der Waals surface area contributed by atoms with Gasteiger partial charge in [-0.25, -0.2) is 19.3 Å². The summed E-state index contributed by atoms with van der Waals surface area (Å²) in [6.45, 7) is 7.35. The number of nitrogens with zero attached hydrogens (tertiary/aromatic N) is 5. The highest BCUT2D eigenvalue weighted by Gasteiger charge is 2.41. The molecule has 1 aromatic carbocycles. The Morgan fingerprint density at radius 3 is 2.62 bits per heavy atom. The van der Waals surface area contributed by atoms with E-state index in [4.69, 9.17) is 28.8 Å².